The predicted octanol–water partition coefficient (Wildman–Crippen LogP) is 2.97. The first kappa shape index (κ1) is 15.3. The lowest BCUT2D eigenvalue weighted by molar-refractivity contribution is -0.123. The fourth-order valence-corrected chi connectivity index (χ4v) is 2.69. The zero-order valence-corrected chi connectivity index (χ0v) is 12.7. The van der Waals surface area contributed by atoms with Gasteiger partial charge < -0.3 is 10.4 Å². The Labute approximate surface area is 125 Å². The zero-order valence-electron chi connectivity index (χ0n) is 12.0. The maximum atomic E-state index is 12.1. The van der Waals surface area contributed by atoms with Crippen LogP contribution in [0.1, 0.15) is 38.2 Å². The third-order valence-corrected chi connectivity index (χ3v) is 4.56. The Morgan fingerprint density at radius 2 is 2.20 bits per heavy atom. The second-order valence-corrected chi connectivity index (χ2v) is 6.08. The highest BCUT2D eigenvalue weighted by molar-refractivity contribution is 6.31. The van der Waals surface area contributed by atoms with E-state index in [0.29, 0.717) is 6.54 Å². The number of nitrogens with one attached hydrogen (secondary N) is 1. The monoisotopic (exact) mass is 295 g/mol. The van der Waals surface area contributed by atoms with Crippen LogP contribution in [0.3, 0.4) is 0 Å². The van der Waals surface area contributed by atoms with Crippen LogP contribution in [-0.2, 0) is 4.79 Å². The topological polar surface area (TPSA) is 49.3 Å². The van der Waals surface area contributed by atoms with Crippen LogP contribution >= 0.6 is 11.6 Å². The molecule has 1 saturated carbocycles. The van der Waals surface area contributed by atoms with Gasteiger partial charge in [-0.2, -0.15) is 0 Å². The van der Waals surface area contributed by atoms with Crippen molar-refractivity contribution in [2.24, 2.45) is 11.8 Å². The largest absolute Gasteiger partial charge is 0.391 e. The molecule has 1 fully saturated rings. The second kappa shape index (κ2) is 6.59. The molecule has 0 bridgehead atoms. The third kappa shape index (κ3) is 3.53. The lowest BCUT2D eigenvalue weighted by atomic mass is 10.0. The molecule has 0 aliphatic heterocycles. The molecule has 3 nitrogen and oxygen atoms in total. The number of carbonyl (C=O) groups excluding carboxylic acids is 1. The first-order chi connectivity index (χ1) is 9.54. The highest BCUT2D eigenvalue weighted by atomic mass is 35.5. The minimum atomic E-state index is -0.471. The van der Waals surface area contributed by atoms with E-state index in [0.717, 1.165) is 23.4 Å². The Bertz CT molecular complexity index is 477. The molecular formula is C16H22ClNO2. The maximum absolute atomic E-state index is 12.1. The van der Waals surface area contributed by atoms with Gasteiger partial charge in [-0.1, -0.05) is 50.1 Å². The van der Waals surface area contributed by atoms with Gasteiger partial charge >= 0.3 is 0 Å². The molecule has 2 rings (SSSR count). The predicted molar refractivity (Wildman–Crippen MR) is 80.8 cm³/mol. The van der Waals surface area contributed by atoms with Crippen LogP contribution in [-0.4, -0.2) is 23.7 Å². The Balaban J connectivity index is 1.83. The standard InChI is InChI=1S/C16H22ClNO2/c1-3-10(2)15(19)9-18-16(20)13-8-12(13)11-6-4-5-7-14(11)17/h4-7,10,12-13,15,19H,3,8-9H2,1-2H3,(H,18,20). The molecule has 2 N–H and O–H groups in total. The number of hydrogen-bond acceptors (Lipinski definition) is 2. The highest BCUT2D eigenvalue weighted by Crippen LogP contribution is 2.49. The molecule has 0 saturated heterocycles. The number of aliphatic hydroxyl groups is 1. The average molecular weight is 296 g/mol. The molecule has 0 aromatic heterocycles. The first-order valence-electron chi connectivity index (χ1n) is 7.24. The first-order valence-corrected chi connectivity index (χ1v) is 7.62. The van der Waals surface area contributed by atoms with Crippen LogP contribution in [0.25, 0.3) is 0 Å². The van der Waals surface area contributed by atoms with Crippen LogP contribution in [0.2, 0.25) is 5.02 Å². The van der Waals surface area contributed by atoms with Crippen LogP contribution < -0.4 is 5.32 Å². The minimum absolute atomic E-state index is 0.000896. The van der Waals surface area contributed by atoms with Gasteiger partial charge in [0.2, 0.25) is 5.91 Å². The van der Waals surface area contributed by atoms with Gasteiger partial charge in [-0.25, -0.2) is 0 Å². The van der Waals surface area contributed by atoms with Gasteiger partial charge in [0.05, 0.1) is 6.10 Å². The van der Waals surface area contributed by atoms with Crippen molar-refractivity contribution >= 4 is 17.5 Å². The molecule has 1 aromatic rings. The number of benzene rings is 1. The van der Waals surface area contributed by atoms with E-state index in [1.165, 1.54) is 0 Å². The van der Waals surface area contributed by atoms with Gasteiger partial charge in [0, 0.05) is 17.5 Å². The van der Waals surface area contributed by atoms with Crippen molar-refractivity contribution < 1.29 is 9.90 Å². The Morgan fingerprint density at radius 3 is 2.85 bits per heavy atom. The van der Waals surface area contributed by atoms with E-state index in [-0.39, 0.29) is 23.7 Å². The van der Waals surface area contributed by atoms with Crippen LogP contribution in [0.4, 0.5) is 0 Å². The molecule has 4 unspecified atom stereocenters. The molecule has 1 aliphatic rings. The molecule has 0 radical (unpaired) electrons. The summed E-state index contributed by atoms with van der Waals surface area (Å²) in [5.74, 6) is 0.453. The summed E-state index contributed by atoms with van der Waals surface area (Å²) in [4.78, 5) is 12.1. The van der Waals surface area contributed by atoms with Crippen molar-refractivity contribution in [1.29, 1.82) is 0 Å². The van der Waals surface area contributed by atoms with Crippen molar-refractivity contribution in [3.8, 4) is 0 Å². The maximum Gasteiger partial charge on any atom is 0.223 e. The number of rotatable bonds is 6. The van der Waals surface area contributed by atoms with Gasteiger partial charge in [-0.05, 0) is 29.9 Å². The average Bonchev–Trinajstić information content (AvgIpc) is 3.24. The van der Waals surface area contributed by atoms with Crippen molar-refractivity contribution in [2.45, 2.75) is 38.7 Å². The van der Waals surface area contributed by atoms with Gasteiger partial charge in [-0.3, -0.25) is 4.79 Å². The number of amides is 1. The molecule has 110 valence electrons. The summed E-state index contributed by atoms with van der Waals surface area (Å²) >= 11 is 6.15. The molecular weight excluding hydrogens is 274 g/mol. The van der Waals surface area contributed by atoms with Crippen molar-refractivity contribution in [1.82, 2.24) is 5.32 Å². The van der Waals surface area contributed by atoms with E-state index in [1.807, 2.05) is 38.1 Å². The van der Waals surface area contributed by atoms with Gasteiger partial charge in [0.15, 0.2) is 0 Å². The summed E-state index contributed by atoms with van der Waals surface area (Å²) in [5.41, 5.74) is 1.05. The van der Waals surface area contributed by atoms with E-state index in [4.69, 9.17) is 11.6 Å². The van der Waals surface area contributed by atoms with Gasteiger partial charge in [0.25, 0.3) is 0 Å². The lowest BCUT2D eigenvalue weighted by Crippen LogP contribution is -2.36. The summed E-state index contributed by atoms with van der Waals surface area (Å²) in [6.07, 6.45) is 1.28. The number of aliphatic hydroxyl groups excluding tert-OH is 1. The fourth-order valence-electron chi connectivity index (χ4n) is 2.41. The third-order valence-electron chi connectivity index (χ3n) is 4.22. The number of halogens is 1. The molecule has 4 atom stereocenters. The van der Waals surface area contributed by atoms with Crippen LogP contribution in [0, 0.1) is 11.8 Å². The molecule has 1 aromatic carbocycles. The molecule has 1 amide bonds. The number of carbonyl (C=O) groups is 1. The smallest absolute Gasteiger partial charge is 0.223 e. The van der Waals surface area contributed by atoms with E-state index in [9.17, 15) is 9.90 Å². The Hall–Kier alpha value is -1.06. The Morgan fingerprint density at radius 1 is 1.50 bits per heavy atom. The quantitative estimate of drug-likeness (QED) is 0.848. The summed E-state index contributed by atoms with van der Waals surface area (Å²) in [5, 5.41) is 13.4. The highest BCUT2D eigenvalue weighted by Gasteiger charge is 2.44. The summed E-state index contributed by atoms with van der Waals surface area (Å²) < 4.78 is 0. The van der Waals surface area contributed by atoms with Gasteiger partial charge in [0.1, 0.15) is 0 Å². The van der Waals surface area contributed by atoms with Crippen LogP contribution in [0.5, 0.6) is 0 Å². The van der Waals surface area contributed by atoms with Crippen molar-refractivity contribution in [2.75, 3.05) is 6.54 Å². The molecule has 20 heavy (non-hydrogen) atoms. The van der Waals surface area contributed by atoms with E-state index in [1.54, 1.807) is 0 Å². The van der Waals surface area contributed by atoms with Gasteiger partial charge in [-0.15, -0.1) is 0 Å². The van der Waals surface area contributed by atoms with Crippen molar-refractivity contribution in [3.05, 3.63) is 34.9 Å². The SMILES string of the molecule is CCC(C)C(O)CNC(=O)C1CC1c1ccccc1Cl. The van der Waals surface area contributed by atoms with E-state index < -0.39 is 6.10 Å². The van der Waals surface area contributed by atoms with Crippen LogP contribution in [0.15, 0.2) is 24.3 Å². The number of hydrogen-bond donors (Lipinski definition) is 2. The van der Waals surface area contributed by atoms with Crippen molar-refractivity contribution in [3.63, 3.8) is 0 Å². The molecule has 1 aliphatic carbocycles. The normalized spacial score (nSPS) is 24.0. The zero-order chi connectivity index (χ0) is 14.7. The lowest BCUT2D eigenvalue weighted by Gasteiger charge is -2.17. The summed E-state index contributed by atoms with van der Waals surface area (Å²) in [7, 11) is 0. The molecule has 0 spiro atoms. The Kier molecular flexibility index (Phi) is 5.06. The minimum Gasteiger partial charge on any atom is -0.391 e. The molecule has 4 heteroatoms. The second-order valence-electron chi connectivity index (χ2n) is 5.67. The summed E-state index contributed by atoms with van der Waals surface area (Å²) in [6.45, 7) is 4.35. The van der Waals surface area contributed by atoms with E-state index in [2.05, 4.69) is 5.32 Å². The van der Waals surface area contributed by atoms with E-state index >= 15 is 0 Å². The summed E-state index contributed by atoms with van der Waals surface area (Å²) in [6, 6.07) is 7.68. The molecule has 0 heterocycles. The fraction of sp³-hybridized carbons (Fsp3) is 0.562.